The number of aromatic nitrogens is 2. The zero-order valence-electron chi connectivity index (χ0n) is 16.0. The minimum atomic E-state index is -0.721. The molecular weight excluding hydrogens is 357 g/mol. The topological polar surface area (TPSA) is 56.1 Å². The van der Waals surface area contributed by atoms with E-state index in [0.29, 0.717) is 22.7 Å². The molecule has 1 N–H and O–H groups in total. The smallest absolute Gasteiger partial charge is 0.255 e. The zero-order valence-corrected chi connectivity index (χ0v) is 16.0. The van der Waals surface area contributed by atoms with Crippen LogP contribution in [-0.4, -0.2) is 21.6 Å². The van der Waals surface area contributed by atoms with Crippen LogP contribution in [0.2, 0.25) is 0 Å². The first-order valence-corrected chi connectivity index (χ1v) is 9.29. The molecule has 2 heterocycles. The predicted octanol–water partition coefficient (Wildman–Crippen LogP) is 3.96. The van der Waals surface area contributed by atoms with Gasteiger partial charge in [0, 0.05) is 36.5 Å². The molecule has 3 atom stereocenters. The summed E-state index contributed by atoms with van der Waals surface area (Å²) in [5, 5.41) is 2.95. The Hall–Kier alpha value is -3.15. The lowest BCUT2D eigenvalue weighted by Crippen LogP contribution is -2.32. The van der Waals surface area contributed by atoms with Gasteiger partial charge in [-0.3, -0.25) is 4.79 Å². The number of hydrogen-bond donors (Lipinski definition) is 1. The maximum absolute atomic E-state index is 14.5. The van der Waals surface area contributed by atoms with Crippen LogP contribution in [-0.2, 0) is 7.05 Å². The molecule has 28 heavy (non-hydrogen) atoms. The molecule has 6 heteroatoms. The molecule has 2 aromatic carbocycles. The average molecular weight is 379 g/mol. The van der Waals surface area contributed by atoms with Crippen LogP contribution in [0.1, 0.15) is 53.1 Å². The lowest BCUT2D eigenvalue weighted by Gasteiger charge is -2.20. The summed E-state index contributed by atoms with van der Waals surface area (Å²) in [6.07, 6.45) is 3.39. The number of fused-ring (bicyclic) bond motifs is 1. The molecule has 5 nitrogen and oxygen atoms in total. The fraction of sp³-hybridized carbons (Fsp3) is 0.273. The summed E-state index contributed by atoms with van der Waals surface area (Å²) in [5.74, 6) is 0.641. The minimum Gasteiger partial charge on any atom is -0.489 e. The fourth-order valence-corrected chi connectivity index (χ4v) is 3.62. The van der Waals surface area contributed by atoms with Crippen LogP contribution in [0.4, 0.5) is 4.39 Å². The van der Waals surface area contributed by atoms with E-state index in [0.717, 1.165) is 5.56 Å². The largest absolute Gasteiger partial charge is 0.489 e. The SMILES string of the molecule is CC1Oc2c(C(=O)NC(c3ccccc3F)c3nccn3C)cccc2C1C. The maximum atomic E-state index is 14.5. The maximum Gasteiger partial charge on any atom is 0.255 e. The van der Waals surface area contributed by atoms with Crippen LogP contribution < -0.4 is 10.1 Å². The number of halogens is 1. The van der Waals surface area contributed by atoms with E-state index < -0.39 is 11.9 Å². The second kappa shape index (κ2) is 7.11. The van der Waals surface area contributed by atoms with Gasteiger partial charge in [-0.15, -0.1) is 0 Å². The third kappa shape index (κ3) is 3.05. The van der Waals surface area contributed by atoms with Crippen molar-refractivity contribution in [2.75, 3.05) is 0 Å². The van der Waals surface area contributed by atoms with E-state index in [1.165, 1.54) is 6.07 Å². The number of imidazole rings is 1. The van der Waals surface area contributed by atoms with E-state index in [2.05, 4.69) is 17.2 Å². The van der Waals surface area contributed by atoms with Gasteiger partial charge < -0.3 is 14.6 Å². The van der Waals surface area contributed by atoms with E-state index in [-0.39, 0.29) is 17.9 Å². The van der Waals surface area contributed by atoms with Gasteiger partial charge >= 0.3 is 0 Å². The Kier molecular flexibility index (Phi) is 4.63. The summed E-state index contributed by atoms with van der Waals surface area (Å²) in [4.78, 5) is 17.5. The zero-order chi connectivity index (χ0) is 19.8. The van der Waals surface area contributed by atoms with Crippen LogP contribution >= 0.6 is 0 Å². The molecule has 0 spiro atoms. The molecule has 1 aromatic heterocycles. The summed E-state index contributed by atoms with van der Waals surface area (Å²) in [7, 11) is 1.81. The second-order valence-corrected chi connectivity index (χ2v) is 7.16. The molecule has 0 saturated carbocycles. The van der Waals surface area contributed by atoms with E-state index >= 15 is 0 Å². The van der Waals surface area contributed by atoms with Crippen molar-refractivity contribution in [3.8, 4) is 5.75 Å². The Labute approximate surface area is 163 Å². The summed E-state index contributed by atoms with van der Waals surface area (Å²) in [6, 6.07) is 11.2. The van der Waals surface area contributed by atoms with E-state index in [4.69, 9.17) is 4.74 Å². The number of amides is 1. The molecular formula is C22H22FN3O2. The summed E-state index contributed by atoms with van der Waals surface area (Å²) < 4.78 is 22.2. The van der Waals surface area contributed by atoms with Crippen molar-refractivity contribution in [2.45, 2.75) is 31.9 Å². The van der Waals surface area contributed by atoms with Crippen molar-refractivity contribution in [1.29, 1.82) is 0 Å². The van der Waals surface area contributed by atoms with Crippen molar-refractivity contribution in [3.05, 3.63) is 83.2 Å². The Morgan fingerprint density at radius 3 is 2.71 bits per heavy atom. The highest BCUT2D eigenvalue weighted by Gasteiger charge is 2.32. The summed E-state index contributed by atoms with van der Waals surface area (Å²) in [6.45, 7) is 4.07. The lowest BCUT2D eigenvalue weighted by atomic mass is 9.96. The highest BCUT2D eigenvalue weighted by atomic mass is 19.1. The number of para-hydroxylation sites is 1. The molecule has 144 valence electrons. The first-order chi connectivity index (χ1) is 13.5. The Balaban J connectivity index is 1.72. The molecule has 3 aromatic rings. The van der Waals surface area contributed by atoms with Gasteiger partial charge in [0.25, 0.3) is 5.91 Å². The van der Waals surface area contributed by atoms with Gasteiger partial charge in [0.1, 0.15) is 29.5 Å². The van der Waals surface area contributed by atoms with E-state index in [1.807, 2.05) is 26.1 Å². The van der Waals surface area contributed by atoms with Crippen LogP contribution in [0.15, 0.2) is 54.9 Å². The van der Waals surface area contributed by atoms with Crippen molar-refractivity contribution in [1.82, 2.24) is 14.9 Å². The van der Waals surface area contributed by atoms with Crippen molar-refractivity contribution >= 4 is 5.91 Å². The molecule has 1 aliphatic heterocycles. The third-order valence-corrected chi connectivity index (χ3v) is 5.40. The van der Waals surface area contributed by atoms with Gasteiger partial charge in [0.2, 0.25) is 0 Å². The quantitative estimate of drug-likeness (QED) is 0.746. The molecule has 1 aliphatic rings. The van der Waals surface area contributed by atoms with Gasteiger partial charge in [-0.2, -0.15) is 0 Å². The molecule has 0 saturated heterocycles. The average Bonchev–Trinajstić information content (AvgIpc) is 3.23. The van der Waals surface area contributed by atoms with Gasteiger partial charge in [-0.1, -0.05) is 37.3 Å². The van der Waals surface area contributed by atoms with Crippen LogP contribution in [0.5, 0.6) is 5.75 Å². The van der Waals surface area contributed by atoms with Crippen molar-refractivity contribution in [2.24, 2.45) is 7.05 Å². The van der Waals surface area contributed by atoms with Gasteiger partial charge in [-0.25, -0.2) is 9.37 Å². The van der Waals surface area contributed by atoms with Gasteiger partial charge in [-0.05, 0) is 19.1 Å². The predicted molar refractivity (Wildman–Crippen MR) is 104 cm³/mol. The monoisotopic (exact) mass is 379 g/mol. The Morgan fingerprint density at radius 1 is 1.21 bits per heavy atom. The standard InChI is InChI=1S/C22H22FN3O2/c1-13-14(2)28-20-15(13)8-6-9-17(20)22(27)25-19(21-24-11-12-26(21)3)16-7-4-5-10-18(16)23/h4-14,19H,1-3H3,(H,25,27). The van der Waals surface area contributed by atoms with Crippen LogP contribution in [0, 0.1) is 5.82 Å². The number of nitrogens with one attached hydrogen (secondary N) is 1. The highest BCUT2D eigenvalue weighted by Crippen LogP contribution is 2.40. The normalized spacial score (nSPS) is 19.0. The van der Waals surface area contributed by atoms with Crippen molar-refractivity contribution < 1.29 is 13.9 Å². The number of rotatable bonds is 4. The summed E-state index contributed by atoms with van der Waals surface area (Å²) >= 11 is 0. The van der Waals surface area contributed by atoms with E-state index in [1.54, 1.807) is 41.2 Å². The first kappa shape index (κ1) is 18.2. The molecule has 4 rings (SSSR count). The van der Waals surface area contributed by atoms with E-state index in [9.17, 15) is 9.18 Å². The molecule has 0 radical (unpaired) electrons. The third-order valence-electron chi connectivity index (χ3n) is 5.40. The van der Waals surface area contributed by atoms with Gasteiger partial charge in [0.05, 0.1) is 5.56 Å². The van der Waals surface area contributed by atoms with Crippen LogP contribution in [0.25, 0.3) is 0 Å². The minimum absolute atomic E-state index is 0.000792. The number of nitrogens with zero attached hydrogens (tertiary/aromatic N) is 2. The molecule has 0 aliphatic carbocycles. The molecule has 0 bridgehead atoms. The number of carbonyl (C=O) groups excluding carboxylic acids is 1. The van der Waals surface area contributed by atoms with Crippen molar-refractivity contribution in [3.63, 3.8) is 0 Å². The number of hydrogen-bond acceptors (Lipinski definition) is 3. The first-order valence-electron chi connectivity index (χ1n) is 9.29. The Bertz CT molecular complexity index is 1030. The number of carbonyl (C=O) groups is 1. The summed E-state index contributed by atoms with van der Waals surface area (Å²) in [5.41, 5.74) is 1.82. The lowest BCUT2D eigenvalue weighted by molar-refractivity contribution is 0.0935. The Morgan fingerprint density at radius 2 is 2.00 bits per heavy atom. The van der Waals surface area contributed by atoms with Crippen LogP contribution in [0.3, 0.4) is 0 Å². The number of aryl methyl sites for hydroxylation is 1. The molecule has 3 unspecified atom stereocenters. The highest BCUT2D eigenvalue weighted by molar-refractivity contribution is 5.98. The van der Waals surface area contributed by atoms with Gasteiger partial charge in [0.15, 0.2) is 0 Å². The molecule has 0 fully saturated rings. The second-order valence-electron chi connectivity index (χ2n) is 7.16. The fourth-order valence-electron chi connectivity index (χ4n) is 3.62. The number of ether oxygens (including phenoxy) is 1. The molecule has 1 amide bonds. The number of benzene rings is 2.